The van der Waals surface area contributed by atoms with Gasteiger partial charge in [0.15, 0.2) is 11.2 Å². The summed E-state index contributed by atoms with van der Waals surface area (Å²) in [5.74, 6) is -3.02. The maximum absolute atomic E-state index is 12.9. The number of hydrogen-bond donors (Lipinski definition) is 5. The molecule has 3 aromatic rings. The second-order valence-corrected chi connectivity index (χ2v) is 14.0. The first-order valence-corrected chi connectivity index (χ1v) is 18.3. The van der Waals surface area contributed by atoms with E-state index >= 15 is 0 Å². The third-order valence-electron chi connectivity index (χ3n) is 8.37. The molecule has 0 fully saturated rings. The molecule has 17 heteroatoms. The second-order valence-electron chi connectivity index (χ2n) is 14.0. The van der Waals surface area contributed by atoms with E-state index in [2.05, 4.69) is 25.3 Å². The fourth-order valence-corrected chi connectivity index (χ4v) is 5.49. The van der Waals surface area contributed by atoms with Crippen LogP contribution in [0.4, 0.5) is 5.95 Å². The number of aliphatic carboxylic acids is 2. The van der Waals surface area contributed by atoms with Gasteiger partial charge in [-0.1, -0.05) is 26.0 Å². The lowest BCUT2D eigenvalue weighted by molar-refractivity contribution is -0.140. The van der Waals surface area contributed by atoms with Gasteiger partial charge in [0.25, 0.3) is 11.5 Å². The van der Waals surface area contributed by atoms with Crippen LogP contribution in [0, 0.1) is 5.41 Å². The number of carboxylic acids is 2. The van der Waals surface area contributed by atoms with Crippen LogP contribution >= 0.6 is 0 Å². The zero-order valence-electron chi connectivity index (χ0n) is 31.5. The number of anilines is 1. The molecule has 3 rings (SSSR count). The summed E-state index contributed by atoms with van der Waals surface area (Å²) in [7, 11) is 0. The van der Waals surface area contributed by atoms with Crippen LogP contribution in [0.1, 0.15) is 93.3 Å². The number of rotatable bonds is 28. The number of amides is 1. The Labute approximate surface area is 318 Å². The topological polar surface area (TPSA) is 263 Å². The quantitative estimate of drug-likeness (QED) is 0.0665. The van der Waals surface area contributed by atoms with Gasteiger partial charge in [0.2, 0.25) is 5.95 Å². The SMILES string of the molecule is CC(C)(COCCCOCCCOCCCC(=O)CCC(=O)O)CC(=O)CCC(NC(=O)c1ccc(CCc2cnc3nc(N)[nH]c(=O)c3n2)cc1)C(=O)O. The van der Waals surface area contributed by atoms with Gasteiger partial charge in [0.1, 0.15) is 17.6 Å². The number of ketones is 2. The van der Waals surface area contributed by atoms with E-state index in [1.807, 2.05) is 13.8 Å². The number of carboxylic acid groups (broad SMARTS) is 2. The number of nitrogens with two attached hydrogens (primary N) is 1. The van der Waals surface area contributed by atoms with E-state index in [-0.39, 0.29) is 66.3 Å². The molecule has 1 amide bonds. The third-order valence-corrected chi connectivity index (χ3v) is 8.37. The molecule has 0 saturated carbocycles. The zero-order valence-corrected chi connectivity index (χ0v) is 31.5. The average molecular weight is 769 g/mol. The van der Waals surface area contributed by atoms with Crippen molar-refractivity contribution in [3.8, 4) is 0 Å². The highest BCUT2D eigenvalue weighted by Gasteiger charge is 2.26. The molecule has 0 aliphatic carbocycles. The summed E-state index contributed by atoms with van der Waals surface area (Å²) in [6, 6.07) is 5.44. The summed E-state index contributed by atoms with van der Waals surface area (Å²) >= 11 is 0. The summed E-state index contributed by atoms with van der Waals surface area (Å²) in [6.07, 6.45) is 4.82. The highest BCUT2D eigenvalue weighted by molar-refractivity contribution is 5.96. The van der Waals surface area contributed by atoms with Gasteiger partial charge in [-0.2, -0.15) is 4.98 Å². The number of ether oxygens (including phenoxy) is 3. The number of carbonyl (C=O) groups is 5. The van der Waals surface area contributed by atoms with E-state index < -0.39 is 34.9 Å². The molecule has 0 radical (unpaired) electrons. The van der Waals surface area contributed by atoms with Crippen LogP contribution in [0.25, 0.3) is 11.2 Å². The number of Topliss-reactive ketones (excluding diaryl/α,β-unsaturated/α-hetero) is 2. The lowest BCUT2D eigenvalue weighted by atomic mass is 9.87. The minimum absolute atomic E-state index is 0.0188. The van der Waals surface area contributed by atoms with Crippen LogP contribution in [0.15, 0.2) is 35.3 Å². The first-order chi connectivity index (χ1) is 26.2. The minimum atomic E-state index is -1.24. The fraction of sp³-hybridized carbons (Fsp3) is 0.553. The number of aromatic nitrogens is 4. The van der Waals surface area contributed by atoms with E-state index in [1.165, 1.54) is 6.20 Å². The number of H-pyrrole nitrogens is 1. The van der Waals surface area contributed by atoms with Crippen LogP contribution < -0.4 is 16.6 Å². The van der Waals surface area contributed by atoms with Crippen LogP contribution in [0.3, 0.4) is 0 Å². The number of nitrogens with zero attached hydrogens (tertiary/aromatic N) is 3. The molecule has 1 unspecified atom stereocenters. The van der Waals surface area contributed by atoms with Crippen LogP contribution in [-0.2, 0) is 46.2 Å². The molecule has 0 saturated heterocycles. The standard InChI is InChI=1S/C38H52N6O11/c1-38(2,24-55-21-5-20-54-19-4-18-53-17-3-6-28(45)14-16-31(47)48)22-29(46)13-15-30(36(51)52)42-34(49)26-10-7-25(8-11-26)9-12-27-23-40-33-32(41-27)35(50)44-37(39)43-33/h7-8,10-11,23,30H,3-6,9,12-22,24H2,1-2H3,(H,42,49)(H,47,48)(H,51,52)(H3,39,40,43,44,50). The molecule has 55 heavy (non-hydrogen) atoms. The number of hydrogen-bond acceptors (Lipinski definition) is 13. The van der Waals surface area contributed by atoms with E-state index in [9.17, 15) is 33.9 Å². The van der Waals surface area contributed by atoms with Gasteiger partial charge in [-0.05, 0) is 61.6 Å². The van der Waals surface area contributed by atoms with E-state index in [0.717, 1.165) is 5.56 Å². The second kappa shape index (κ2) is 22.9. The first kappa shape index (κ1) is 44.3. The van der Waals surface area contributed by atoms with Crippen LogP contribution in [0.5, 0.6) is 0 Å². The van der Waals surface area contributed by atoms with Crippen molar-refractivity contribution in [2.24, 2.45) is 5.41 Å². The Morgan fingerprint density at radius 1 is 0.836 bits per heavy atom. The Kier molecular flexibility index (Phi) is 18.5. The van der Waals surface area contributed by atoms with Crippen molar-refractivity contribution in [2.75, 3.05) is 45.4 Å². The summed E-state index contributed by atoms with van der Waals surface area (Å²) in [5, 5.41) is 20.8. The normalized spacial score (nSPS) is 12.0. The molecule has 0 aliphatic rings. The predicted octanol–water partition coefficient (Wildman–Crippen LogP) is 3.07. The molecular formula is C38H52N6O11. The Hall–Kier alpha value is -5.13. The Balaban J connectivity index is 1.27. The van der Waals surface area contributed by atoms with Gasteiger partial charge in [-0.25, -0.2) is 14.8 Å². The molecular weight excluding hydrogens is 716 g/mol. The molecule has 2 heterocycles. The van der Waals surface area contributed by atoms with Crippen molar-refractivity contribution in [1.82, 2.24) is 25.3 Å². The molecule has 1 atom stereocenters. The van der Waals surface area contributed by atoms with Gasteiger partial charge in [0, 0.05) is 64.3 Å². The predicted molar refractivity (Wildman–Crippen MR) is 201 cm³/mol. The molecule has 0 aliphatic heterocycles. The zero-order chi connectivity index (χ0) is 40.2. The first-order valence-electron chi connectivity index (χ1n) is 18.3. The molecule has 300 valence electrons. The fourth-order valence-electron chi connectivity index (χ4n) is 5.49. The lowest BCUT2D eigenvalue weighted by Gasteiger charge is -2.24. The number of nitrogens with one attached hydrogen (secondary N) is 2. The van der Waals surface area contributed by atoms with Crippen molar-refractivity contribution in [1.29, 1.82) is 0 Å². The van der Waals surface area contributed by atoms with Crippen molar-refractivity contribution in [3.05, 3.63) is 57.6 Å². The van der Waals surface area contributed by atoms with Crippen LogP contribution in [-0.4, -0.2) is 105 Å². The number of carbonyl (C=O) groups excluding carboxylic acids is 3. The van der Waals surface area contributed by atoms with Crippen molar-refractivity contribution in [3.63, 3.8) is 0 Å². The number of nitrogen functional groups attached to an aromatic ring is 1. The van der Waals surface area contributed by atoms with Crippen molar-refractivity contribution in [2.45, 2.75) is 90.5 Å². The largest absolute Gasteiger partial charge is 0.481 e. The molecule has 17 nitrogen and oxygen atoms in total. The monoisotopic (exact) mass is 768 g/mol. The maximum Gasteiger partial charge on any atom is 0.326 e. The van der Waals surface area contributed by atoms with Crippen LogP contribution in [0.2, 0.25) is 0 Å². The number of benzene rings is 1. The molecule has 1 aromatic carbocycles. The molecule has 0 bridgehead atoms. The smallest absolute Gasteiger partial charge is 0.326 e. The highest BCUT2D eigenvalue weighted by atomic mass is 16.5. The van der Waals surface area contributed by atoms with Gasteiger partial charge in [-0.3, -0.25) is 29.0 Å². The van der Waals surface area contributed by atoms with Gasteiger partial charge in [0.05, 0.1) is 24.9 Å². The average Bonchev–Trinajstić information content (AvgIpc) is 3.13. The van der Waals surface area contributed by atoms with E-state index in [0.29, 0.717) is 83.9 Å². The Morgan fingerprint density at radius 2 is 1.49 bits per heavy atom. The highest BCUT2D eigenvalue weighted by Crippen LogP contribution is 2.23. The van der Waals surface area contributed by atoms with Crippen molar-refractivity contribution < 1.29 is 48.4 Å². The van der Waals surface area contributed by atoms with Crippen molar-refractivity contribution >= 4 is 46.5 Å². The van der Waals surface area contributed by atoms with Gasteiger partial charge < -0.3 is 35.5 Å². The maximum atomic E-state index is 12.9. The number of fused-ring (bicyclic) bond motifs is 1. The molecule has 6 N–H and O–H groups in total. The third kappa shape index (κ3) is 17.3. The van der Waals surface area contributed by atoms with E-state index in [4.69, 9.17) is 25.1 Å². The lowest BCUT2D eigenvalue weighted by Crippen LogP contribution is -2.41. The summed E-state index contributed by atoms with van der Waals surface area (Å²) < 4.78 is 16.8. The van der Waals surface area contributed by atoms with Gasteiger partial charge in [-0.15, -0.1) is 0 Å². The summed E-state index contributed by atoms with van der Waals surface area (Å²) in [4.78, 5) is 86.5. The summed E-state index contributed by atoms with van der Waals surface area (Å²) in [6.45, 7) is 6.56. The van der Waals surface area contributed by atoms with Gasteiger partial charge >= 0.3 is 11.9 Å². The molecule has 2 aromatic heterocycles. The summed E-state index contributed by atoms with van der Waals surface area (Å²) in [5.41, 5.74) is 6.59. The Bertz CT molecular complexity index is 1800. The number of aryl methyl sites for hydroxylation is 2. The Morgan fingerprint density at radius 3 is 2.15 bits per heavy atom. The minimum Gasteiger partial charge on any atom is -0.481 e. The molecule has 0 spiro atoms. The number of aromatic amines is 1. The van der Waals surface area contributed by atoms with E-state index in [1.54, 1.807) is 24.3 Å².